The number of carbonyl (C=O) groups is 1. The number of hydrogen-bond acceptors (Lipinski definition) is 10. The summed E-state index contributed by atoms with van der Waals surface area (Å²) in [5.41, 5.74) is 0.556. The number of alkyl halides is 2. The predicted octanol–water partition coefficient (Wildman–Crippen LogP) is 4.60. The number of aryl methyl sites for hydroxylation is 1. The van der Waals surface area contributed by atoms with Crippen molar-refractivity contribution in [2.45, 2.75) is 50.5 Å². The molecule has 3 atom stereocenters. The van der Waals surface area contributed by atoms with Gasteiger partial charge in [-0.05, 0) is 32.0 Å². The number of morpholine rings is 1. The van der Waals surface area contributed by atoms with Crippen molar-refractivity contribution in [2.24, 2.45) is 0 Å². The molecule has 14 heteroatoms. The van der Waals surface area contributed by atoms with Gasteiger partial charge < -0.3 is 29.1 Å². The molecule has 3 fully saturated rings. The predicted molar refractivity (Wildman–Crippen MR) is 148 cm³/mol. The quantitative estimate of drug-likeness (QED) is 0.409. The Balaban J connectivity index is 1.29. The molecule has 41 heavy (non-hydrogen) atoms. The van der Waals surface area contributed by atoms with E-state index < -0.39 is 36.0 Å². The second-order valence-corrected chi connectivity index (χ2v) is 12.1. The third-order valence-electron chi connectivity index (χ3n) is 7.79. The fraction of sp³-hybridized carbons (Fsp3) is 0.481. The summed E-state index contributed by atoms with van der Waals surface area (Å²) < 4.78 is 45.4. The first-order valence-electron chi connectivity index (χ1n) is 13.2. The maximum Gasteiger partial charge on any atom is 0.326 e. The summed E-state index contributed by atoms with van der Waals surface area (Å²) in [5, 5.41) is 10.5. The van der Waals surface area contributed by atoms with E-state index in [9.17, 15) is 18.7 Å². The lowest BCUT2D eigenvalue weighted by Gasteiger charge is -2.53. The molecule has 10 nitrogen and oxygen atoms in total. The van der Waals surface area contributed by atoms with Crippen molar-refractivity contribution >= 4 is 40.4 Å². The molecule has 3 aromatic rings. The smallest absolute Gasteiger partial charge is 0.326 e. The highest BCUT2D eigenvalue weighted by Crippen LogP contribution is 2.40. The highest BCUT2D eigenvalue weighted by Gasteiger charge is 2.50. The molecule has 0 aliphatic carbocycles. The van der Waals surface area contributed by atoms with Crippen LogP contribution in [-0.4, -0.2) is 82.7 Å². The summed E-state index contributed by atoms with van der Waals surface area (Å²) in [7, 11) is 0. The number of nitrogens with zero attached hydrogens (tertiary/aromatic N) is 5. The summed E-state index contributed by atoms with van der Waals surface area (Å²) in [4.78, 5) is 30.1. The van der Waals surface area contributed by atoms with E-state index in [2.05, 4.69) is 19.9 Å². The Morgan fingerprint density at radius 2 is 2.07 bits per heavy atom. The van der Waals surface area contributed by atoms with Crippen LogP contribution in [0.15, 0.2) is 30.5 Å². The lowest BCUT2D eigenvalue weighted by Crippen LogP contribution is -2.68. The third-order valence-corrected chi connectivity index (χ3v) is 9.02. The molecule has 3 aliphatic rings. The Labute approximate surface area is 243 Å². The van der Waals surface area contributed by atoms with Crippen LogP contribution in [-0.2, 0) is 14.3 Å². The van der Waals surface area contributed by atoms with Gasteiger partial charge in [0.2, 0.25) is 5.88 Å². The van der Waals surface area contributed by atoms with Crippen LogP contribution in [0, 0.1) is 6.92 Å². The SMILES string of the molecule is Cc1ccc(-c2cc(N3C[C@@H](Oc4ncc(Cl)cc4N4CCOC5(COC5)[C@@H]4C)C[C@H]3C(=O)O)nc(C(F)F)n2)s1. The Morgan fingerprint density at radius 3 is 2.73 bits per heavy atom. The van der Waals surface area contributed by atoms with Crippen LogP contribution in [0.25, 0.3) is 10.6 Å². The molecule has 1 spiro atoms. The number of anilines is 2. The van der Waals surface area contributed by atoms with Crippen molar-refractivity contribution in [3.63, 3.8) is 0 Å². The summed E-state index contributed by atoms with van der Waals surface area (Å²) in [6, 6.07) is 5.90. The molecule has 3 aliphatic heterocycles. The van der Waals surface area contributed by atoms with Crippen LogP contribution < -0.4 is 14.5 Å². The molecule has 0 saturated carbocycles. The van der Waals surface area contributed by atoms with Gasteiger partial charge in [-0.2, -0.15) is 0 Å². The Hall–Kier alpha value is -3.13. The first-order valence-corrected chi connectivity index (χ1v) is 14.4. The number of aliphatic carboxylic acids is 1. The monoisotopic (exact) mass is 607 g/mol. The average molecular weight is 608 g/mol. The molecule has 0 radical (unpaired) electrons. The zero-order chi connectivity index (χ0) is 28.9. The fourth-order valence-corrected chi connectivity index (χ4v) is 6.52. The van der Waals surface area contributed by atoms with Crippen LogP contribution >= 0.6 is 22.9 Å². The molecule has 0 aromatic carbocycles. The molecule has 0 amide bonds. The topological polar surface area (TPSA) is 110 Å². The van der Waals surface area contributed by atoms with E-state index in [1.165, 1.54) is 22.4 Å². The van der Waals surface area contributed by atoms with Crippen LogP contribution in [0.2, 0.25) is 5.02 Å². The van der Waals surface area contributed by atoms with Gasteiger partial charge in [0.05, 0.1) is 48.0 Å². The standard InChI is InChI=1S/C27H28ClF2N5O5S/c1-14-3-4-21(41-14)18-9-22(33-24(32-18)23(29)30)35-11-17(8-20(35)26(36)37)40-25-19(7-16(28)10-31-25)34-5-6-39-27(15(34)2)12-38-13-27/h3-4,7,9-10,15,17,20,23H,5-6,8,11-13H2,1-2H3,(H,36,37)/t15-,17-,20-/m0/s1. The molecule has 3 saturated heterocycles. The van der Waals surface area contributed by atoms with Gasteiger partial charge in [-0.1, -0.05) is 11.6 Å². The molecule has 0 bridgehead atoms. The van der Waals surface area contributed by atoms with Gasteiger partial charge in [0.1, 0.15) is 29.3 Å². The van der Waals surface area contributed by atoms with Gasteiger partial charge >= 0.3 is 5.97 Å². The number of aromatic nitrogens is 3. The van der Waals surface area contributed by atoms with E-state index in [4.69, 9.17) is 25.8 Å². The molecule has 218 valence electrons. The minimum Gasteiger partial charge on any atom is -0.480 e. The number of carboxylic acids is 1. The van der Waals surface area contributed by atoms with E-state index in [0.717, 1.165) is 4.88 Å². The van der Waals surface area contributed by atoms with E-state index in [1.807, 2.05) is 19.9 Å². The first kappa shape index (κ1) is 28.0. The molecule has 1 N–H and O–H groups in total. The molecule has 3 aromatic heterocycles. The lowest BCUT2D eigenvalue weighted by atomic mass is 9.90. The van der Waals surface area contributed by atoms with Gasteiger partial charge in [0.15, 0.2) is 5.82 Å². The van der Waals surface area contributed by atoms with Crippen molar-refractivity contribution in [3.05, 3.63) is 46.2 Å². The van der Waals surface area contributed by atoms with E-state index in [1.54, 1.807) is 18.2 Å². The van der Waals surface area contributed by atoms with Crippen LogP contribution in [0.1, 0.15) is 30.5 Å². The number of halogens is 3. The van der Waals surface area contributed by atoms with Gasteiger partial charge in [-0.25, -0.2) is 28.5 Å². The normalized spacial score (nSPS) is 23.7. The highest BCUT2D eigenvalue weighted by atomic mass is 35.5. The van der Waals surface area contributed by atoms with E-state index in [0.29, 0.717) is 53.5 Å². The van der Waals surface area contributed by atoms with Crippen LogP contribution in [0.3, 0.4) is 0 Å². The van der Waals surface area contributed by atoms with Crippen LogP contribution in [0.5, 0.6) is 5.88 Å². The lowest BCUT2D eigenvalue weighted by molar-refractivity contribution is -0.228. The first-order chi connectivity index (χ1) is 19.6. The van der Waals surface area contributed by atoms with Gasteiger partial charge in [-0.15, -0.1) is 11.3 Å². The highest BCUT2D eigenvalue weighted by molar-refractivity contribution is 7.15. The minimum atomic E-state index is -2.92. The zero-order valence-electron chi connectivity index (χ0n) is 22.3. The third kappa shape index (κ3) is 5.31. The second-order valence-electron chi connectivity index (χ2n) is 10.4. The molecule has 6 heterocycles. The second kappa shape index (κ2) is 10.9. The van der Waals surface area contributed by atoms with E-state index >= 15 is 0 Å². The summed E-state index contributed by atoms with van der Waals surface area (Å²) in [6.07, 6.45) is -1.97. The van der Waals surface area contributed by atoms with Crippen molar-refractivity contribution < 1.29 is 32.9 Å². The van der Waals surface area contributed by atoms with Gasteiger partial charge in [0, 0.05) is 30.1 Å². The van der Waals surface area contributed by atoms with Crippen molar-refractivity contribution in [1.82, 2.24) is 15.0 Å². The van der Waals surface area contributed by atoms with Crippen molar-refractivity contribution in [1.29, 1.82) is 0 Å². The average Bonchev–Trinajstić information content (AvgIpc) is 3.55. The maximum atomic E-state index is 13.8. The zero-order valence-corrected chi connectivity index (χ0v) is 23.9. The molecule has 6 rings (SSSR count). The van der Waals surface area contributed by atoms with Gasteiger partial charge in [-0.3, -0.25) is 0 Å². The van der Waals surface area contributed by atoms with Crippen molar-refractivity contribution in [3.8, 4) is 16.5 Å². The Morgan fingerprint density at radius 1 is 1.27 bits per heavy atom. The minimum absolute atomic E-state index is 0.0486. The summed E-state index contributed by atoms with van der Waals surface area (Å²) >= 11 is 7.74. The van der Waals surface area contributed by atoms with Crippen LogP contribution in [0.4, 0.5) is 20.3 Å². The molecule has 0 unspecified atom stereocenters. The van der Waals surface area contributed by atoms with Crippen molar-refractivity contribution in [2.75, 3.05) is 42.7 Å². The van der Waals surface area contributed by atoms with Gasteiger partial charge in [0.25, 0.3) is 6.43 Å². The number of ether oxygens (including phenoxy) is 3. The summed E-state index contributed by atoms with van der Waals surface area (Å²) in [5.74, 6) is -1.36. The fourth-order valence-electron chi connectivity index (χ4n) is 5.54. The number of carboxylic acid groups (broad SMARTS) is 1. The number of thiophene rings is 1. The summed E-state index contributed by atoms with van der Waals surface area (Å²) in [6.45, 7) is 6.09. The Bertz CT molecular complexity index is 1460. The number of rotatable bonds is 7. The van der Waals surface area contributed by atoms with E-state index in [-0.39, 0.29) is 24.8 Å². The molecular weight excluding hydrogens is 580 g/mol. The maximum absolute atomic E-state index is 13.8. The molecular formula is C27H28ClF2N5O5S. The Kier molecular flexibility index (Phi) is 7.47. The number of hydrogen-bond donors (Lipinski definition) is 1. The largest absolute Gasteiger partial charge is 0.480 e. The number of pyridine rings is 1.